The SMILES string of the molecule is Cc1cc(N2CCC(NCC3(COc4ccccc4)CC3)CC2)nc(N)n1. The Bertz CT molecular complexity index is 734. The van der Waals surface area contributed by atoms with E-state index < -0.39 is 0 Å². The molecule has 1 aromatic carbocycles. The first-order valence-corrected chi connectivity index (χ1v) is 9.89. The molecule has 0 radical (unpaired) electrons. The number of para-hydroxylation sites is 1. The van der Waals surface area contributed by atoms with Crippen molar-refractivity contribution in [3.8, 4) is 5.75 Å². The maximum atomic E-state index is 6.00. The molecule has 0 amide bonds. The van der Waals surface area contributed by atoms with Crippen LogP contribution >= 0.6 is 0 Å². The van der Waals surface area contributed by atoms with E-state index >= 15 is 0 Å². The Morgan fingerprint density at radius 3 is 2.59 bits per heavy atom. The zero-order valence-electron chi connectivity index (χ0n) is 16.0. The summed E-state index contributed by atoms with van der Waals surface area (Å²) in [5.41, 5.74) is 7.04. The zero-order valence-corrected chi connectivity index (χ0v) is 16.0. The van der Waals surface area contributed by atoms with E-state index in [2.05, 4.69) is 20.2 Å². The number of piperidine rings is 1. The predicted octanol–water partition coefficient (Wildman–Crippen LogP) is 2.78. The molecule has 6 heteroatoms. The van der Waals surface area contributed by atoms with Gasteiger partial charge in [-0.15, -0.1) is 0 Å². The minimum atomic E-state index is 0.325. The number of nitrogens with one attached hydrogen (secondary N) is 1. The molecule has 2 aliphatic rings. The van der Waals surface area contributed by atoms with E-state index in [9.17, 15) is 0 Å². The average molecular weight is 367 g/mol. The van der Waals surface area contributed by atoms with Crippen molar-refractivity contribution in [2.45, 2.75) is 38.6 Å². The van der Waals surface area contributed by atoms with Crippen molar-refractivity contribution < 1.29 is 4.74 Å². The van der Waals surface area contributed by atoms with Crippen LogP contribution in [0.5, 0.6) is 5.75 Å². The monoisotopic (exact) mass is 367 g/mol. The third-order valence-corrected chi connectivity index (χ3v) is 5.69. The van der Waals surface area contributed by atoms with Crippen LogP contribution in [-0.2, 0) is 0 Å². The summed E-state index contributed by atoms with van der Waals surface area (Å²) in [5, 5.41) is 3.79. The number of ether oxygens (including phenoxy) is 1. The molecule has 27 heavy (non-hydrogen) atoms. The van der Waals surface area contributed by atoms with E-state index in [1.807, 2.05) is 43.3 Å². The molecule has 1 saturated heterocycles. The highest BCUT2D eigenvalue weighted by molar-refractivity contribution is 5.43. The van der Waals surface area contributed by atoms with Crippen molar-refractivity contribution in [3.63, 3.8) is 0 Å². The number of nitrogens with two attached hydrogens (primary N) is 1. The number of aromatic nitrogens is 2. The van der Waals surface area contributed by atoms with E-state index in [0.29, 0.717) is 17.4 Å². The highest BCUT2D eigenvalue weighted by atomic mass is 16.5. The topological polar surface area (TPSA) is 76.3 Å². The second-order valence-corrected chi connectivity index (χ2v) is 7.97. The van der Waals surface area contributed by atoms with Gasteiger partial charge in [0, 0.05) is 42.9 Å². The summed E-state index contributed by atoms with van der Waals surface area (Å²) in [6.07, 6.45) is 4.76. The number of anilines is 2. The summed E-state index contributed by atoms with van der Waals surface area (Å²) in [6, 6.07) is 12.7. The first-order chi connectivity index (χ1) is 13.1. The fourth-order valence-corrected chi connectivity index (χ4v) is 3.71. The van der Waals surface area contributed by atoms with E-state index in [0.717, 1.165) is 56.3 Å². The van der Waals surface area contributed by atoms with E-state index in [1.165, 1.54) is 12.8 Å². The van der Waals surface area contributed by atoms with Gasteiger partial charge in [-0.3, -0.25) is 0 Å². The standard InChI is InChI=1S/C21H29N5O/c1-16-13-19(25-20(22)24-16)26-11-7-17(8-12-26)23-14-21(9-10-21)15-27-18-5-3-2-4-6-18/h2-6,13,17,23H,7-12,14-15H2,1H3,(H2,22,24,25). The number of aryl methyl sites for hydroxylation is 1. The Hall–Kier alpha value is -2.34. The van der Waals surface area contributed by atoms with Crippen LogP contribution in [0.2, 0.25) is 0 Å². The van der Waals surface area contributed by atoms with E-state index in [4.69, 9.17) is 10.5 Å². The van der Waals surface area contributed by atoms with Gasteiger partial charge in [0.15, 0.2) is 0 Å². The van der Waals surface area contributed by atoms with Crippen LogP contribution in [-0.4, -0.2) is 42.3 Å². The van der Waals surface area contributed by atoms with Gasteiger partial charge in [0.1, 0.15) is 11.6 Å². The third kappa shape index (κ3) is 4.69. The molecule has 1 saturated carbocycles. The van der Waals surface area contributed by atoms with Gasteiger partial charge in [-0.25, -0.2) is 4.98 Å². The lowest BCUT2D eigenvalue weighted by molar-refractivity contribution is 0.221. The third-order valence-electron chi connectivity index (χ3n) is 5.69. The second-order valence-electron chi connectivity index (χ2n) is 7.97. The van der Waals surface area contributed by atoms with Gasteiger partial charge >= 0.3 is 0 Å². The molecule has 0 spiro atoms. The first kappa shape index (κ1) is 18.0. The summed E-state index contributed by atoms with van der Waals surface area (Å²) in [6.45, 7) is 5.82. The van der Waals surface area contributed by atoms with Crippen LogP contribution in [0.4, 0.5) is 11.8 Å². The van der Waals surface area contributed by atoms with Crippen LogP contribution in [0.15, 0.2) is 36.4 Å². The molecule has 4 rings (SSSR count). The second kappa shape index (κ2) is 7.72. The normalized spacial score (nSPS) is 19.1. The van der Waals surface area contributed by atoms with Gasteiger partial charge in [0.25, 0.3) is 0 Å². The lowest BCUT2D eigenvalue weighted by Gasteiger charge is -2.34. The van der Waals surface area contributed by atoms with Crippen LogP contribution in [0.3, 0.4) is 0 Å². The van der Waals surface area contributed by atoms with Crippen molar-refractivity contribution in [2.75, 3.05) is 36.9 Å². The van der Waals surface area contributed by atoms with Gasteiger partial charge in [-0.2, -0.15) is 4.98 Å². The molecule has 0 atom stereocenters. The Balaban J connectivity index is 1.22. The molecule has 2 fully saturated rings. The summed E-state index contributed by atoms with van der Waals surface area (Å²) in [5.74, 6) is 2.28. The molecule has 144 valence electrons. The highest BCUT2D eigenvalue weighted by Crippen LogP contribution is 2.45. The van der Waals surface area contributed by atoms with Gasteiger partial charge in [-0.05, 0) is 44.7 Å². The number of rotatable bonds is 7. The minimum absolute atomic E-state index is 0.325. The minimum Gasteiger partial charge on any atom is -0.493 e. The quantitative estimate of drug-likeness (QED) is 0.784. The number of nitrogen functional groups attached to an aromatic ring is 1. The molecule has 0 bridgehead atoms. The molecule has 1 aromatic heterocycles. The summed E-state index contributed by atoms with van der Waals surface area (Å²) in [4.78, 5) is 10.9. The number of hydrogen-bond acceptors (Lipinski definition) is 6. The van der Waals surface area contributed by atoms with Gasteiger partial charge < -0.3 is 20.7 Å². The van der Waals surface area contributed by atoms with Crippen LogP contribution in [0.1, 0.15) is 31.4 Å². The fourth-order valence-electron chi connectivity index (χ4n) is 3.71. The molecule has 1 aliphatic heterocycles. The number of nitrogens with zero attached hydrogens (tertiary/aromatic N) is 3. The predicted molar refractivity (Wildman–Crippen MR) is 108 cm³/mol. The first-order valence-electron chi connectivity index (χ1n) is 9.89. The number of benzene rings is 1. The molecule has 2 aromatic rings. The maximum Gasteiger partial charge on any atom is 0.222 e. The van der Waals surface area contributed by atoms with Crippen LogP contribution < -0.4 is 20.7 Å². The van der Waals surface area contributed by atoms with Gasteiger partial charge in [-0.1, -0.05) is 18.2 Å². The lowest BCUT2D eigenvalue weighted by Crippen LogP contribution is -2.45. The molecule has 6 nitrogen and oxygen atoms in total. The van der Waals surface area contributed by atoms with Crippen molar-refractivity contribution in [1.29, 1.82) is 0 Å². The maximum absolute atomic E-state index is 6.00. The molecular weight excluding hydrogens is 338 g/mol. The fraction of sp³-hybridized carbons (Fsp3) is 0.524. The highest BCUT2D eigenvalue weighted by Gasteiger charge is 2.43. The molecule has 3 N–H and O–H groups in total. The van der Waals surface area contributed by atoms with Crippen molar-refractivity contribution in [1.82, 2.24) is 15.3 Å². The van der Waals surface area contributed by atoms with Gasteiger partial charge in [0.05, 0.1) is 6.61 Å². The Morgan fingerprint density at radius 1 is 1.19 bits per heavy atom. The molecule has 1 aliphatic carbocycles. The summed E-state index contributed by atoms with van der Waals surface area (Å²) >= 11 is 0. The van der Waals surface area contributed by atoms with Gasteiger partial charge in [0.2, 0.25) is 5.95 Å². The smallest absolute Gasteiger partial charge is 0.222 e. The largest absolute Gasteiger partial charge is 0.493 e. The molecular formula is C21H29N5O. The van der Waals surface area contributed by atoms with Crippen molar-refractivity contribution in [2.24, 2.45) is 5.41 Å². The van der Waals surface area contributed by atoms with Crippen molar-refractivity contribution in [3.05, 3.63) is 42.1 Å². The zero-order chi connectivity index (χ0) is 18.7. The van der Waals surface area contributed by atoms with Crippen LogP contribution in [0.25, 0.3) is 0 Å². The summed E-state index contributed by atoms with van der Waals surface area (Å²) < 4.78 is 6.00. The van der Waals surface area contributed by atoms with E-state index in [-0.39, 0.29) is 0 Å². The average Bonchev–Trinajstić information content (AvgIpc) is 3.46. The lowest BCUT2D eigenvalue weighted by atomic mass is 10.0. The molecule has 2 heterocycles. The Kier molecular flexibility index (Phi) is 5.16. The van der Waals surface area contributed by atoms with Crippen molar-refractivity contribution >= 4 is 11.8 Å². The van der Waals surface area contributed by atoms with Crippen LogP contribution in [0, 0.1) is 12.3 Å². The Labute approximate surface area is 161 Å². The Morgan fingerprint density at radius 2 is 1.93 bits per heavy atom. The molecule has 0 unspecified atom stereocenters. The number of hydrogen-bond donors (Lipinski definition) is 2. The summed E-state index contributed by atoms with van der Waals surface area (Å²) in [7, 11) is 0. The van der Waals surface area contributed by atoms with E-state index in [1.54, 1.807) is 0 Å².